The van der Waals surface area contributed by atoms with Gasteiger partial charge in [-0.25, -0.2) is 4.79 Å². The van der Waals surface area contributed by atoms with Gasteiger partial charge in [-0.05, 0) is 37.5 Å². The fourth-order valence-corrected chi connectivity index (χ4v) is 1.53. The molecule has 0 aromatic heterocycles. The Labute approximate surface area is 115 Å². The molecule has 0 radical (unpaired) electrons. The van der Waals surface area contributed by atoms with Gasteiger partial charge in [-0.2, -0.15) is 0 Å². The van der Waals surface area contributed by atoms with Crippen molar-refractivity contribution < 1.29 is 9.53 Å². The summed E-state index contributed by atoms with van der Waals surface area (Å²) in [5.41, 5.74) is 1.29. The number of carbonyl (C=O) groups excluding carboxylic acids is 1. The van der Waals surface area contributed by atoms with Crippen LogP contribution < -0.4 is 15.4 Å². The minimum Gasteiger partial charge on any atom is -0.492 e. The van der Waals surface area contributed by atoms with E-state index in [1.807, 2.05) is 26.0 Å². The Morgan fingerprint density at radius 3 is 2.53 bits per heavy atom. The van der Waals surface area contributed by atoms with Crippen LogP contribution in [0.15, 0.2) is 24.3 Å². The van der Waals surface area contributed by atoms with E-state index in [0.29, 0.717) is 13.2 Å². The fraction of sp³-hybridized carbons (Fsp3) is 0.533. The van der Waals surface area contributed by atoms with Crippen LogP contribution >= 0.6 is 0 Å². The maximum Gasteiger partial charge on any atom is 0.315 e. The second-order valence-electron chi connectivity index (χ2n) is 4.56. The van der Waals surface area contributed by atoms with E-state index in [1.165, 1.54) is 5.56 Å². The Morgan fingerprint density at radius 2 is 1.95 bits per heavy atom. The summed E-state index contributed by atoms with van der Waals surface area (Å²) in [6, 6.07) is 8.08. The molecule has 1 rings (SSSR count). The van der Waals surface area contributed by atoms with Gasteiger partial charge in [-0.15, -0.1) is 0 Å². The first-order chi connectivity index (χ1) is 9.15. The summed E-state index contributed by atoms with van der Waals surface area (Å²) < 4.78 is 5.54. The van der Waals surface area contributed by atoms with E-state index < -0.39 is 0 Å². The van der Waals surface area contributed by atoms with Crippen molar-refractivity contribution in [1.29, 1.82) is 0 Å². The molecule has 2 N–H and O–H groups in total. The number of rotatable bonds is 7. The molecule has 0 spiro atoms. The third-order valence-electron chi connectivity index (χ3n) is 2.98. The molecule has 4 heteroatoms. The van der Waals surface area contributed by atoms with Crippen LogP contribution in [0.5, 0.6) is 5.75 Å². The number of aryl methyl sites for hydroxylation is 1. The highest BCUT2D eigenvalue weighted by Gasteiger charge is 2.03. The average molecular weight is 264 g/mol. The molecule has 0 saturated carbocycles. The second kappa shape index (κ2) is 8.40. The van der Waals surface area contributed by atoms with Crippen LogP contribution in [0, 0.1) is 0 Å². The molecule has 1 aromatic rings. The molecule has 1 unspecified atom stereocenters. The largest absolute Gasteiger partial charge is 0.492 e. The number of ether oxygens (including phenoxy) is 1. The SMILES string of the molecule is CCc1ccc(OCCNC(=O)NC(C)CC)cc1. The van der Waals surface area contributed by atoms with Gasteiger partial charge in [-0.3, -0.25) is 0 Å². The molecular weight excluding hydrogens is 240 g/mol. The highest BCUT2D eigenvalue weighted by molar-refractivity contribution is 5.74. The number of carbonyl (C=O) groups is 1. The molecule has 106 valence electrons. The molecule has 0 fully saturated rings. The third kappa shape index (κ3) is 6.13. The van der Waals surface area contributed by atoms with Gasteiger partial charge in [0.25, 0.3) is 0 Å². The average Bonchev–Trinajstić information content (AvgIpc) is 2.44. The van der Waals surface area contributed by atoms with Crippen LogP contribution in [-0.2, 0) is 6.42 Å². The van der Waals surface area contributed by atoms with E-state index in [0.717, 1.165) is 18.6 Å². The minimum absolute atomic E-state index is 0.140. The molecule has 1 aromatic carbocycles. The van der Waals surface area contributed by atoms with E-state index in [1.54, 1.807) is 0 Å². The van der Waals surface area contributed by atoms with E-state index >= 15 is 0 Å². The predicted molar refractivity (Wildman–Crippen MR) is 77.6 cm³/mol. The lowest BCUT2D eigenvalue weighted by atomic mass is 10.2. The minimum atomic E-state index is -0.140. The van der Waals surface area contributed by atoms with Crippen molar-refractivity contribution in [2.75, 3.05) is 13.2 Å². The van der Waals surface area contributed by atoms with Gasteiger partial charge in [-0.1, -0.05) is 26.0 Å². The zero-order valence-electron chi connectivity index (χ0n) is 12.0. The number of amides is 2. The lowest BCUT2D eigenvalue weighted by molar-refractivity contribution is 0.233. The predicted octanol–water partition coefficient (Wildman–Crippen LogP) is 2.73. The van der Waals surface area contributed by atoms with Crippen LogP contribution in [0.3, 0.4) is 0 Å². The van der Waals surface area contributed by atoms with Gasteiger partial charge >= 0.3 is 6.03 Å². The lowest BCUT2D eigenvalue weighted by Gasteiger charge is -2.13. The van der Waals surface area contributed by atoms with E-state index in [-0.39, 0.29) is 12.1 Å². The summed E-state index contributed by atoms with van der Waals surface area (Å²) in [6.07, 6.45) is 1.95. The van der Waals surface area contributed by atoms with Crippen LogP contribution in [-0.4, -0.2) is 25.2 Å². The molecule has 0 saturated heterocycles. The fourth-order valence-electron chi connectivity index (χ4n) is 1.53. The molecule has 0 bridgehead atoms. The molecule has 4 nitrogen and oxygen atoms in total. The van der Waals surface area contributed by atoms with Crippen molar-refractivity contribution in [3.8, 4) is 5.75 Å². The molecular formula is C15H24N2O2. The zero-order valence-corrected chi connectivity index (χ0v) is 12.0. The third-order valence-corrected chi connectivity index (χ3v) is 2.98. The van der Waals surface area contributed by atoms with Crippen LogP contribution in [0.25, 0.3) is 0 Å². The molecule has 0 heterocycles. The van der Waals surface area contributed by atoms with E-state index in [9.17, 15) is 4.79 Å². The number of hydrogen-bond acceptors (Lipinski definition) is 2. The van der Waals surface area contributed by atoms with Gasteiger partial charge in [0, 0.05) is 6.04 Å². The quantitative estimate of drug-likeness (QED) is 0.744. The van der Waals surface area contributed by atoms with Gasteiger partial charge < -0.3 is 15.4 Å². The van der Waals surface area contributed by atoms with Crippen LogP contribution in [0.4, 0.5) is 4.79 Å². The molecule has 0 aliphatic heterocycles. The number of urea groups is 1. The summed E-state index contributed by atoms with van der Waals surface area (Å²) in [7, 11) is 0. The van der Waals surface area contributed by atoms with Gasteiger partial charge in [0.05, 0.1) is 6.54 Å². The monoisotopic (exact) mass is 264 g/mol. The van der Waals surface area contributed by atoms with Crippen molar-refractivity contribution >= 4 is 6.03 Å². The number of benzene rings is 1. The van der Waals surface area contributed by atoms with E-state index in [2.05, 4.69) is 29.7 Å². The van der Waals surface area contributed by atoms with E-state index in [4.69, 9.17) is 4.74 Å². The molecule has 2 amide bonds. The Bertz CT molecular complexity index is 376. The van der Waals surface area contributed by atoms with Gasteiger partial charge in [0.15, 0.2) is 0 Å². The van der Waals surface area contributed by atoms with Crippen LogP contribution in [0.1, 0.15) is 32.8 Å². The summed E-state index contributed by atoms with van der Waals surface area (Å²) in [4.78, 5) is 11.4. The Morgan fingerprint density at radius 1 is 1.26 bits per heavy atom. The highest BCUT2D eigenvalue weighted by atomic mass is 16.5. The Kier molecular flexibility index (Phi) is 6.79. The van der Waals surface area contributed by atoms with Crippen molar-refractivity contribution in [2.45, 2.75) is 39.7 Å². The molecule has 0 aliphatic carbocycles. The summed E-state index contributed by atoms with van der Waals surface area (Å²) in [5.74, 6) is 0.835. The van der Waals surface area contributed by atoms with Crippen LogP contribution in [0.2, 0.25) is 0 Å². The summed E-state index contributed by atoms with van der Waals surface area (Å²) in [6.45, 7) is 7.10. The maximum atomic E-state index is 11.4. The maximum absolute atomic E-state index is 11.4. The standard InChI is InChI=1S/C15H24N2O2/c1-4-12(3)17-15(18)16-10-11-19-14-8-6-13(5-2)7-9-14/h6-9,12H,4-5,10-11H2,1-3H3,(H2,16,17,18). The molecule has 0 aliphatic rings. The second-order valence-corrected chi connectivity index (χ2v) is 4.56. The highest BCUT2D eigenvalue weighted by Crippen LogP contribution is 2.11. The summed E-state index contributed by atoms with van der Waals surface area (Å²) >= 11 is 0. The normalized spacial score (nSPS) is 11.7. The van der Waals surface area contributed by atoms with Crippen molar-refractivity contribution in [3.05, 3.63) is 29.8 Å². The number of nitrogens with one attached hydrogen (secondary N) is 2. The first-order valence-corrected chi connectivity index (χ1v) is 6.91. The zero-order chi connectivity index (χ0) is 14.1. The Hall–Kier alpha value is -1.71. The summed E-state index contributed by atoms with van der Waals surface area (Å²) in [5, 5.41) is 5.60. The first-order valence-electron chi connectivity index (χ1n) is 6.91. The number of hydrogen-bond donors (Lipinski definition) is 2. The van der Waals surface area contributed by atoms with Crippen molar-refractivity contribution in [3.63, 3.8) is 0 Å². The van der Waals surface area contributed by atoms with Crippen molar-refractivity contribution in [1.82, 2.24) is 10.6 Å². The molecule has 19 heavy (non-hydrogen) atoms. The molecule has 1 atom stereocenters. The lowest BCUT2D eigenvalue weighted by Crippen LogP contribution is -2.41. The Balaban J connectivity index is 2.17. The first kappa shape index (κ1) is 15.3. The van der Waals surface area contributed by atoms with Gasteiger partial charge in [0.1, 0.15) is 12.4 Å². The van der Waals surface area contributed by atoms with Gasteiger partial charge in [0.2, 0.25) is 0 Å². The topological polar surface area (TPSA) is 50.4 Å². The smallest absolute Gasteiger partial charge is 0.315 e. The van der Waals surface area contributed by atoms with Crippen molar-refractivity contribution in [2.24, 2.45) is 0 Å².